The Morgan fingerprint density at radius 1 is 0.923 bits per heavy atom. The van der Waals surface area contributed by atoms with E-state index in [4.69, 9.17) is 9.97 Å². The lowest BCUT2D eigenvalue weighted by atomic mass is 10.1. The molecule has 6 heteroatoms. The van der Waals surface area contributed by atoms with Crippen LogP contribution in [0.2, 0.25) is 0 Å². The Kier molecular flexibility index (Phi) is 4.85. The third-order valence-electron chi connectivity index (χ3n) is 5.39. The molecule has 26 heavy (non-hydrogen) atoms. The standard InChI is InChI=1S/C20H24F2N4/c1-25-9-11-26(12-10-25)20-16-5-3-2-4-6-18(16)23-19(24-20)15-8-7-14(21)13-17(15)22/h7-8,13H,2-6,9-12H2,1H3. The Morgan fingerprint density at radius 3 is 2.46 bits per heavy atom. The third-order valence-corrected chi connectivity index (χ3v) is 5.39. The van der Waals surface area contributed by atoms with Gasteiger partial charge in [-0.3, -0.25) is 0 Å². The van der Waals surface area contributed by atoms with E-state index >= 15 is 0 Å². The molecule has 0 amide bonds. The molecule has 2 aromatic rings. The largest absolute Gasteiger partial charge is 0.354 e. The monoisotopic (exact) mass is 358 g/mol. The van der Waals surface area contributed by atoms with E-state index in [0.29, 0.717) is 5.82 Å². The average molecular weight is 358 g/mol. The van der Waals surface area contributed by atoms with E-state index in [-0.39, 0.29) is 5.56 Å². The first kappa shape index (κ1) is 17.3. The number of benzene rings is 1. The number of hydrogen-bond acceptors (Lipinski definition) is 4. The van der Waals surface area contributed by atoms with Crippen molar-refractivity contribution in [2.24, 2.45) is 0 Å². The highest BCUT2D eigenvalue weighted by atomic mass is 19.1. The number of piperazine rings is 1. The Bertz CT molecular complexity index is 801. The van der Waals surface area contributed by atoms with Crippen molar-refractivity contribution in [2.45, 2.75) is 32.1 Å². The van der Waals surface area contributed by atoms with Gasteiger partial charge in [0.1, 0.15) is 17.5 Å². The van der Waals surface area contributed by atoms with Crippen LogP contribution in [-0.2, 0) is 12.8 Å². The number of halogens is 2. The minimum Gasteiger partial charge on any atom is -0.354 e. The van der Waals surface area contributed by atoms with Crippen LogP contribution in [-0.4, -0.2) is 48.1 Å². The normalized spacial score (nSPS) is 18.5. The second kappa shape index (κ2) is 7.27. The molecule has 1 aliphatic heterocycles. The van der Waals surface area contributed by atoms with Gasteiger partial charge in [0.15, 0.2) is 5.82 Å². The van der Waals surface area contributed by atoms with Crippen molar-refractivity contribution in [1.29, 1.82) is 0 Å². The summed E-state index contributed by atoms with van der Waals surface area (Å²) >= 11 is 0. The predicted octanol–water partition coefficient (Wildman–Crippen LogP) is 3.44. The fourth-order valence-electron chi connectivity index (χ4n) is 3.82. The highest BCUT2D eigenvalue weighted by Crippen LogP contribution is 2.31. The summed E-state index contributed by atoms with van der Waals surface area (Å²) in [5, 5.41) is 0. The number of hydrogen-bond donors (Lipinski definition) is 0. The molecule has 1 saturated heterocycles. The molecule has 0 radical (unpaired) electrons. The van der Waals surface area contributed by atoms with Gasteiger partial charge < -0.3 is 9.80 Å². The van der Waals surface area contributed by atoms with Crippen molar-refractivity contribution >= 4 is 5.82 Å². The van der Waals surface area contributed by atoms with Gasteiger partial charge in [0.05, 0.1) is 5.56 Å². The van der Waals surface area contributed by atoms with Gasteiger partial charge in [-0.2, -0.15) is 0 Å². The smallest absolute Gasteiger partial charge is 0.164 e. The van der Waals surface area contributed by atoms with Crippen LogP contribution >= 0.6 is 0 Å². The number of aromatic nitrogens is 2. The summed E-state index contributed by atoms with van der Waals surface area (Å²) in [5.74, 6) is 0.129. The Hall–Kier alpha value is -2.08. The molecule has 1 fully saturated rings. The molecule has 4 nitrogen and oxygen atoms in total. The van der Waals surface area contributed by atoms with Crippen molar-refractivity contribution in [2.75, 3.05) is 38.1 Å². The number of anilines is 1. The van der Waals surface area contributed by atoms with Crippen molar-refractivity contribution in [3.05, 3.63) is 41.1 Å². The van der Waals surface area contributed by atoms with Crippen LogP contribution in [0.4, 0.5) is 14.6 Å². The topological polar surface area (TPSA) is 32.3 Å². The molecule has 0 bridgehead atoms. The zero-order chi connectivity index (χ0) is 18.1. The van der Waals surface area contributed by atoms with Crippen LogP contribution in [0.5, 0.6) is 0 Å². The van der Waals surface area contributed by atoms with Gasteiger partial charge in [-0.05, 0) is 44.9 Å². The third kappa shape index (κ3) is 3.43. The molecular weight excluding hydrogens is 334 g/mol. The maximum Gasteiger partial charge on any atom is 0.164 e. The molecule has 2 heterocycles. The Balaban J connectivity index is 1.80. The van der Waals surface area contributed by atoms with Gasteiger partial charge in [-0.25, -0.2) is 18.7 Å². The van der Waals surface area contributed by atoms with Gasteiger partial charge in [-0.1, -0.05) is 6.42 Å². The van der Waals surface area contributed by atoms with Gasteiger partial charge >= 0.3 is 0 Å². The minimum absolute atomic E-state index is 0.272. The zero-order valence-electron chi connectivity index (χ0n) is 15.1. The summed E-state index contributed by atoms with van der Waals surface area (Å²) in [6.45, 7) is 3.79. The lowest BCUT2D eigenvalue weighted by molar-refractivity contribution is 0.311. The second-order valence-corrected chi connectivity index (χ2v) is 7.27. The molecule has 0 spiro atoms. The van der Waals surface area contributed by atoms with E-state index in [1.165, 1.54) is 24.1 Å². The summed E-state index contributed by atoms with van der Waals surface area (Å²) < 4.78 is 27.6. The molecule has 0 saturated carbocycles. The zero-order valence-corrected chi connectivity index (χ0v) is 15.1. The highest BCUT2D eigenvalue weighted by Gasteiger charge is 2.24. The van der Waals surface area contributed by atoms with Crippen molar-refractivity contribution in [3.63, 3.8) is 0 Å². The van der Waals surface area contributed by atoms with Crippen LogP contribution in [0.15, 0.2) is 18.2 Å². The van der Waals surface area contributed by atoms with Gasteiger partial charge in [0.25, 0.3) is 0 Å². The van der Waals surface area contributed by atoms with Gasteiger partial charge in [0, 0.05) is 43.5 Å². The number of likely N-dealkylation sites (N-methyl/N-ethyl adjacent to an activating group) is 1. The molecule has 0 N–H and O–H groups in total. The second-order valence-electron chi connectivity index (χ2n) is 7.27. The van der Waals surface area contributed by atoms with Gasteiger partial charge in [0.2, 0.25) is 0 Å². The first-order valence-electron chi connectivity index (χ1n) is 9.40. The molecule has 138 valence electrons. The van der Waals surface area contributed by atoms with E-state index in [0.717, 1.165) is 69.4 Å². The van der Waals surface area contributed by atoms with Gasteiger partial charge in [-0.15, -0.1) is 0 Å². The molecule has 1 aromatic carbocycles. The Morgan fingerprint density at radius 2 is 1.69 bits per heavy atom. The first-order valence-corrected chi connectivity index (χ1v) is 9.40. The van der Waals surface area contributed by atoms with E-state index in [9.17, 15) is 8.78 Å². The van der Waals surface area contributed by atoms with E-state index in [1.807, 2.05) is 0 Å². The molecule has 1 aromatic heterocycles. The number of nitrogens with zero attached hydrogens (tertiary/aromatic N) is 4. The molecule has 1 aliphatic carbocycles. The van der Waals surface area contributed by atoms with Crippen LogP contribution in [0.1, 0.15) is 30.5 Å². The number of fused-ring (bicyclic) bond motifs is 1. The Labute approximate surface area is 152 Å². The highest BCUT2D eigenvalue weighted by molar-refractivity contribution is 5.61. The van der Waals surface area contributed by atoms with E-state index < -0.39 is 11.6 Å². The summed E-state index contributed by atoms with van der Waals surface area (Å²) in [7, 11) is 2.12. The predicted molar refractivity (Wildman–Crippen MR) is 98.4 cm³/mol. The lowest BCUT2D eigenvalue weighted by Crippen LogP contribution is -2.45. The van der Waals surface area contributed by atoms with Crippen LogP contribution in [0.25, 0.3) is 11.4 Å². The van der Waals surface area contributed by atoms with E-state index in [2.05, 4.69) is 16.8 Å². The fraction of sp³-hybridized carbons (Fsp3) is 0.500. The average Bonchev–Trinajstić information content (AvgIpc) is 2.87. The van der Waals surface area contributed by atoms with E-state index in [1.54, 1.807) is 0 Å². The maximum absolute atomic E-state index is 14.3. The number of rotatable bonds is 2. The first-order chi connectivity index (χ1) is 12.6. The summed E-state index contributed by atoms with van der Waals surface area (Å²) in [6.07, 6.45) is 5.29. The fourth-order valence-corrected chi connectivity index (χ4v) is 3.82. The molecule has 0 unspecified atom stereocenters. The minimum atomic E-state index is -0.608. The summed E-state index contributed by atoms with van der Waals surface area (Å²) in [5.41, 5.74) is 2.53. The SMILES string of the molecule is CN1CCN(c2nc(-c3ccc(F)cc3F)nc3c2CCCCC3)CC1. The summed E-state index contributed by atoms with van der Waals surface area (Å²) in [4.78, 5) is 14.1. The van der Waals surface area contributed by atoms with Crippen molar-refractivity contribution in [3.8, 4) is 11.4 Å². The molecule has 4 rings (SSSR count). The van der Waals surface area contributed by atoms with Crippen molar-refractivity contribution in [1.82, 2.24) is 14.9 Å². The maximum atomic E-state index is 14.3. The quantitative estimate of drug-likeness (QED) is 0.770. The summed E-state index contributed by atoms with van der Waals surface area (Å²) in [6, 6.07) is 3.61. The number of aryl methyl sites for hydroxylation is 1. The molecule has 0 atom stereocenters. The molecule has 2 aliphatic rings. The molecular formula is C20H24F2N4. The van der Waals surface area contributed by atoms with Crippen LogP contribution < -0.4 is 4.90 Å². The van der Waals surface area contributed by atoms with Crippen LogP contribution in [0.3, 0.4) is 0 Å². The van der Waals surface area contributed by atoms with Crippen molar-refractivity contribution < 1.29 is 8.78 Å². The van der Waals surface area contributed by atoms with Crippen LogP contribution in [0, 0.1) is 11.6 Å². The lowest BCUT2D eigenvalue weighted by Gasteiger charge is -2.34.